The van der Waals surface area contributed by atoms with Crippen LogP contribution in [-0.2, 0) is 20.9 Å². The van der Waals surface area contributed by atoms with E-state index in [0.717, 1.165) is 36.3 Å². The number of amides is 1. The van der Waals surface area contributed by atoms with Crippen molar-refractivity contribution in [1.29, 1.82) is 5.26 Å². The van der Waals surface area contributed by atoms with E-state index in [9.17, 15) is 14.9 Å². The molecule has 1 amide bonds. The number of nitrogens with one attached hydrogen (secondary N) is 1. The zero-order valence-corrected chi connectivity index (χ0v) is 15.3. The third-order valence-corrected chi connectivity index (χ3v) is 4.08. The van der Waals surface area contributed by atoms with Crippen molar-refractivity contribution in [2.45, 2.75) is 53.1 Å². The number of nitrogens with zero attached hydrogens (tertiary/aromatic N) is 2. The van der Waals surface area contributed by atoms with Gasteiger partial charge in [0.15, 0.2) is 6.61 Å². The lowest BCUT2D eigenvalue weighted by atomic mass is 10.1. The molecule has 1 saturated carbocycles. The van der Waals surface area contributed by atoms with Gasteiger partial charge in [0, 0.05) is 24.0 Å². The van der Waals surface area contributed by atoms with Gasteiger partial charge >= 0.3 is 5.97 Å². The number of ether oxygens (including phenoxy) is 1. The summed E-state index contributed by atoms with van der Waals surface area (Å²) in [7, 11) is 0. The van der Waals surface area contributed by atoms with Gasteiger partial charge in [0.2, 0.25) is 0 Å². The monoisotopic (exact) mass is 343 g/mol. The van der Waals surface area contributed by atoms with Crippen molar-refractivity contribution in [3.63, 3.8) is 0 Å². The minimum atomic E-state index is -0.776. The van der Waals surface area contributed by atoms with E-state index in [1.807, 2.05) is 26.0 Å². The van der Waals surface area contributed by atoms with Crippen LogP contribution in [-0.4, -0.2) is 29.1 Å². The van der Waals surface area contributed by atoms with E-state index in [1.165, 1.54) is 6.08 Å². The molecule has 25 heavy (non-hydrogen) atoms. The summed E-state index contributed by atoms with van der Waals surface area (Å²) in [5.41, 5.74) is 2.78. The van der Waals surface area contributed by atoms with Gasteiger partial charge in [0.1, 0.15) is 11.6 Å². The Morgan fingerprint density at radius 2 is 2.12 bits per heavy atom. The topological polar surface area (TPSA) is 84.1 Å². The normalized spacial score (nSPS) is 14.3. The van der Waals surface area contributed by atoms with Gasteiger partial charge in [-0.15, -0.1) is 0 Å². The Balaban J connectivity index is 2.07. The maximum atomic E-state index is 12.1. The van der Waals surface area contributed by atoms with Crippen LogP contribution in [0.4, 0.5) is 0 Å². The molecule has 0 aliphatic heterocycles. The number of hydrogen-bond donors (Lipinski definition) is 1. The lowest BCUT2D eigenvalue weighted by Gasteiger charge is -2.12. The van der Waals surface area contributed by atoms with E-state index in [2.05, 4.69) is 23.7 Å². The zero-order valence-electron chi connectivity index (χ0n) is 15.3. The summed E-state index contributed by atoms with van der Waals surface area (Å²) < 4.78 is 7.12. The Morgan fingerprint density at radius 1 is 1.44 bits per heavy atom. The number of aromatic nitrogens is 1. The largest absolute Gasteiger partial charge is 0.451 e. The Bertz CT molecular complexity index is 734. The van der Waals surface area contributed by atoms with Crippen molar-refractivity contribution in [3.05, 3.63) is 28.6 Å². The van der Waals surface area contributed by atoms with Crippen LogP contribution >= 0.6 is 0 Å². The molecule has 1 fully saturated rings. The summed E-state index contributed by atoms with van der Waals surface area (Å²) in [5, 5.41) is 12.0. The summed E-state index contributed by atoms with van der Waals surface area (Å²) in [4.78, 5) is 23.6. The minimum Gasteiger partial charge on any atom is -0.451 e. The van der Waals surface area contributed by atoms with Crippen molar-refractivity contribution in [1.82, 2.24) is 9.88 Å². The molecule has 1 heterocycles. The molecule has 134 valence electrons. The highest BCUT2D eigenvalue weighted by Crippen LogP contribution is 2.20. The van der Waals surface area contributed by atoms with Gasteiger partial charge in [-0.25, -0.2) is 4.79 Å². The van der Waals surface area contributed by atoms with Crippen molar-refractivity contribution in [3.8, 4) is 6.07 Å². The lowest BCUT2D eigenvalue weighted by molar-refractivity contribution is -0.144. The number of aryl methyl sites for hydroxylation is 1. The smallest absolute Gasteiger partial charge is 0.349 e. The van der Waals surface area contributed by atoms with Crippen LogP contribution in [0.1, 0.15) is 43.6 Å². The molecule has 1 aromatic rings. The SMILES string of the molecule is Cc1cc(C=C(C#N)C(=O)OCC(=O)NC2CC2)c(C)n1CC(C)C. The molecule has 0 aromatic carbocycles. The summed E-state index contributed by atoms with van der Waals surface area (Å²) in [6.07, 6.45) is 3.46. The van der Waals surface area contributed by atoms with Crippen molar-refractivity contribution >= 4 is 18.0 Å². The van der Waals surface area contributed by atoms with Gasteiger partial charge in [0.05, 0.1) is 0 Å². The van der Waals surface area contributed by atoms with E-state index in [1.54, 1.807) is 0 Å². The summed E-state index contributed by atoms with van der Waals surface area (Å²) in [6.45, 7) is 8.75. The first kappa shape index (κ1) is 18.8. The van der Waals surface area contributed by atoms with Gasteiger partial charge in [0.25, 0.3) is 5.91 Å². The first-order valence-electron chi connectivity index (χ1n) is 8.56. The number of nitriles is 1. The fraction of sp³-hybridized carbons (Fsp3) is 0.526. The molecule has 0 spiro atoms. The fourth-order valence-corrected chi connectivity index (χ4v) is 2.62. The quantitative estimate of drug-likeness (QED) is 0.468. The minimum absolute atomic E-state index is 0.107. The van der Waals surface area contributed by atoms with Crippen LogP contribution in [0, 0.1) is 31.1 Å². The van der Waals surface area contributed by atoms with Gasteiger partial charge < -0.3 is 14.6 Å². The van der Waals surface area contributed by atoms with Crippen LogP contribution in [0.2, 0.25) is 0 Å². The Hall–Kier alpha value is -2.55. The molecule has 2 rings (SSSR count). The fourth-order valence-electron chi connectivity index (χ4n) is 2.62. The van der Waals surface area contributed by atoms with Crippen molar-refractivity contribution < 1.29 is 14.3 Å². The first-order chi connectivity index (χ1) is 11.8. The predicted molar refractivity (Wildman–Crippen MR) is 94.5 cm³/mol. The molecule has 0 radical (unpaired) electrons. The first-order valence-corrected chi connectivity index (χ1v) is 8.56. The predicted octanol–water partition coefficient (Wildman–Crippen LogP) is 2.49. The average Bonchev–Trinajstić information content (AvgIpc) is 3.32. The number of hydrogen-bond acceptors (Lipinski definition) is 4. The van der Waals surface area contributed by atoms with Crippen LogP contribution in [0.25, 0.3) is 6.08 Å². The summed E-state index contributed by atoms with van der Waals surface area (Å²) in [6, 6.07) is 4.03. The highest BCUT2D eigenvalue weighted by Gasteiger charge is 2.24. The van der Waals surface area contributed by atoms with Gasteiger partial charge in [-0.05, 0) is 50.3 Å². The number of rotatable bonds is 7. The second-order valence-corrected chi connectivity index (χ2v) is 6.92. The summed E-state index contributed by atoms with van der Waals surface area (Å²) in [5.74, 6) is -0.614. The maximum Gasteiger partial charge on any atom is 0.349 e. The Kier molecular flexibility index (Phi) is 6.02. The molecule has 1 aliphatic carbocycles. The van der Waals surface area contributed by atoms with E-state index >= 15 is 0 Å². The van der Waals surface area contributed by atoms with E-state index in [0.29, 0.717) is 5.92 Å². The molecular weight excluding hydrogens is 318 g/mol. The molecular formula is C19H25N3O3. The van der Waals surface area contributed by atoms with E-state index in [-0.39, 0.29) is 24.1 Å². The van der Waals surface area contributed by atoms with Crippen molar-refractivity contribution in [2.24, 2.45) is 5.92 Å². The number of carbonyl (C=O) groups excluding carboxylic acids is 2. The van der Waals surface area contributed by atoms with E-state index in [4.69, 9.17) is 4.74 Å². The average molecular weight is 343 g/mol. The standard InChI is InChI=1S/C19H25N3O3/c1-12(2)10-22-13(3)7-15(14(22)4)8-16(9-20)19(24)25-11-18(23)21-17-5-6-17/h7-8,12,17H,5-6,10-11H2,1-4H3,(H,21,23). The van der Waals surface area contributed by atoms with Gasteiger partial charge in [-0.3, -0.25) is 4.79 Å². The molecule has 0 saturated heterocycles. The van der Waals surface area contributed by atoms with Gasteiger partial charge in [-0.1, -0.05) is 13.8 Å². The second-order valence-electron chi connectivity index (χ2n) is 6.92. The highest BCUT2D eigenvalue weighted by molar-refractivity contribution is 5.99. The van der Waals surface area contributed by atoms with Crippen LogP contribution < -0.4 is 5.32 Å². The summed E-state index contributed by atoms with van der Waals surface area (Å²) >= 11 is 0. The van der Waals surface area contributed by atoms with Gasteiger partial charge in [-0.2, -0.15) is 5.26 Å². The molecule has 0 atom stereocenters. The Morgan fingerprint density at radius 3 is 2.68 bits per heavy atom. The molecule has 6 heteroatoms. The molecule has 1 aromatic heterocycles. The molecule has 1 N–H and O–H groups in total. The number of carbonyl (C=O) groups is 2. The third kappa shape index (κ3) is 5.21. The van der Waals surface area contributed by atoms with Crippen LogP contribution in [0.3, 0.4) is 0 Å². The second kappa shape index (κ2) is 8.02. The lowest BCUT2D eigenvalue weighted by Crippen LogP contribution is -2.30. The van der Waals surface area contributed by atoms with Crippen LogP contribution in [0.5, 0.6) is 0 Å². The van der Waals surface area contributed by atoms with Crippen LogP contribution in [0.15, 0.2) is 11.6 Å². The number of esters is 1. The van der Waals surface area contributed by atoms with E-state index < -0.39 is 5.97 Å². The highest BCUT2D eigenvalue weighted by atomic mass is 16.5. The molecule has 6 nitrogen and oxygen atoms in total. The maximum absolute atomic E-state index is 12.1. The molecule has 0 bridgehead atoms. The zero-order chi connectivity index (χ0) is 18.6. The molecule has 0 unspecified atom stereocenters. The molecule has 1 aliphatic rings. The van der Waals surface area contributed by atoms with Crippen molar-refractivity contribution in [2.75, 3.05) is 6.61 Å². The Labute approximate surface area is 148 Å². The third-order valence-electron chi connectivity index (χ3n) is 4.08.